The third-order valence-corrected chi connectivity index (χ3v) is 5.75. The Morgan fingerprint density at radius 1 is 0.875 bits per heavy atom. The molecule has 0 aromatic heterocycles. The molecule has 0 spiro atoms. The second-order valence-electron chi connectivity index (χ2n) is 6.92. The number of carbonyl (C=O) groups excluding carboxylic acids is 3. The highest BCUT2D eigenvalue weighted by Crippen LogP contribution is 2.41. The fourth-order valence-electron chi connectivity index (χ4n) is 3.25. The number of halogens is 2. The summed E-state index contributed by atoms with van der Waals surface area (Å²) >= 11 is 1.12. The second-order valence-corrected chi connectivity index (χ2v) is 8.01. The van der Waals surface area contributed by atoms with Crippen LogP contribution in [0, 0.1) is 11.6 Å². The molecule has 0 radical (unpaired) electrons. The third-order valence-electron chi connectivity index (χ3n) is 4.66. The number of anilines is 2. The lowest BCUT2D eigenvalue weighted by atomic mass is 10.1. The van der Waals surface area contributed by atoms with Crippen LogP contribution in [0.5, 0.6) is 0 Å². The van der Waals surface area contributed by atoms with Crippen molar-refractivity contribution < 1.29 is 23.2 Å². The van der Waals surface area contributed by atoms with Gasteiger partial charge in [-0.3, -0.25) is 14.4 Å². The minimum absolute atomic E-state index is 0.0603. The van der Waals surface area contributed by atoms with E-state index in [0.29, 0.717) is 11.3 Å². The Kier molecular flexibility index (Phi) is 5.87. The van der Waals surface area contributed by atoms with Crippen molar-refractivity contribution in [1.82, 2.24) is 0 Å². The van der Waals surface area contributed by atoms with Gasteiger partial charge in [-0.2, -0.15) is 0 Å². The molecule has 3 amide bonds. The third kappa shape index (κ3) is 4.17. The Labute approximate surface area is 186 Å². The summed E-state index contributed by atoms with van der Waals surface area (Å²) in [6.45, 7) is 1.38. The smallest absolute Gasteiger partial charge is 0.272 e. The van der Waals surface area contributed by atoms with Crippen LogP contribution in [0.2, 0.25) is 0 Å². The minimum Gasteiger partial charge on any atom is -0.326 e. The van der Waals surface area contributed by atoms with Gasteiger partial charge in [0.15, 0.2) is 11.6 Å². The molecule has 1 aliphatic rings. The molecular weight excluding hydrogens is 434 g/mol. The summed E-state index contributed by atoms with van der Waals surface area (Å²) in [5, 5.41) is 2.64. The summed E-state index contributed by atoms with van der Waals surface area (Å²) < 4.78 is 27.2. The highest BCUT2D eigenvalue weighted by Gasteiger charge is 2.40. The zero-order valence-corrected chi connectivity index (χ0v) is 17.6. The van der Waals surface area contributed by atoms with Gasteiger partial charge in [-0.05, 0) is 42.0 Å². The van der Waals surface area contributed by atoms with E-state index in [0.717, 1.165) is 33.7 Å². The highest BCUT2D eigenvalue weighted by molar-refractivity contribution is 8.04. The van der Waals surface area contributed by atoms with Gasteiger partial charge in [0, 0.05) is 23.6 Å². The van der Waals surface area contributed by atoms with Crippen LogP contribution in [0.3, 0.4) is 0 Å². The Balaban J connectivity index is 1.79. The predicted octanol–water partition coefficient (Wildman–Crippen LogP) is 5.00. The lowest BCUT2D eigenvalue weighted by Gasteiger charge is -2.15. The number of thioether (sulfide) groups is 1. The first kappa shape index (κ1) is 21.5. The number of nitrogens with one attached hydrogen (secondary N) is 1. The molecule has 4 rings (SSSR count). The van der Waals surface area contributed by atoms with Crippen LogP contribution < -0.4 is 10.2 Å². The monoisotopic (exact) mass is 450 g/mol. The SMILES string of the molecule is CC(=O)Nc1ccc(C2=C(Sc3ccccc3)C(=O)N(c3ccc(F)c(F)c3)C2=O)cc1. The summed E-state index contributed by atoms with van der Waals surface area (Å²) in [7, 11) is 0. The van der Waals surface area contributed by atoms with Gasteiger partial charge in [0.2, 0.25) is 5.91 Å². The maximum Gasteiger partial charge on any atom is 0.272 e. The summed E-state index contributed by atoms with van der Waals surface area (Å²) in [4.78, 5) is 39.6. The predicted molar refractivity (Wildman–Crippen MR) is 119 cm³/mol. The van der Waals surface area contributed by atoms with Crippen LogP contribution in [0.1, 0.15) is 12.5 Å². The van der Waals surface area contributed by atoms with Crippen LogP contribution in [0.25, 0.3) is 5.57 Å². The van der Waals surface area contributed by atoms with Gasteiger partial charge in [0.1, 0.15) is 0 Å². The summed E-state index contributed by atoms with van der Waals surface area (Å²) in [6, 6.07) is 18.4. The molecule has 0 fully saturated rings. The number of amides is 3. The van der Waals surface area contributed by atoms with Crippen molar-refractivity contribution in [3.8, 4) is 0 Å². The largest absolute Gasteiger partial charge is 0.326 e. The van der Waals surface area contributed by atoms with Crippen LogP contribution in [-0.2, 0) is 14.4 Å². The number of benzene rings is 3. The Morgan fingerprint density at radius 2 is 1.56 bits per heavy atom. The molecule has 0 unspecified atom stereocenters. The fraction of sp³-hybridized carbons (Fsp3) is 0.0417. The molecule has 1 aliphatic heterocycles. The number of hydrogen-bond donors (Lipinski definition) is 1. The Hall–Kier alpha value is -3.78. The summed E-state index contributed by atoms with van der Waals surface area (Å²) in [5.41, 5.74) is 1.08. The lowest BCUT2D eigenvalue weighted by Crippen LogP contribution is -2.31. The van der Waals surface area contributed by atoms with Crippen molar-refractivity contribution in [2.45, 2.75) is 11.8 Å². The molecule has 5 nitrogen and oxygen atoms in total. The van der Waals surface area contributed by atoms with Gasteiger partial charge in [-0.25, -0.2) is 13.7 Å². The quantitative estimate of drug-likeness (QED) is 0.556. The molecule has 160 valence electrons. The number of hydrogen-bond acceptors (Lipinski definition) is 4. The average molecular weight is 450 g/mol. The topological polar surface area (TPSA) is 66.5 Å². The van der Waals surface area contributed by atoms with E-state index < -0.39 is 23.4 Å². The molecule has 3 aromatic carbocycles. The number of carbonyl (C=O) groups is 3. The van der Waals surface area contributed by atoms with E-state index >= 15 is 0 Å². The first-order valence-electron chi connectivity index (χ1n) is 9.54. The summed E-state index contributed by atoms with van der Waals surface area (Å²) in [5.74, 6) is -3.75. The molecule has 8 heteroatoms. The minimum atomic E-state index is -1.16. The van der Waals surface area contributed by atoms with Gasteiger partial charge in [0.05, 0.1) is 16.2 Å². The first-order chi connectivity index (χ1) is 15.3. The zero-order chi connectivity index (χ0) is 22.8. The van der Waals surface area contributed by atoms with E-state index in [2.05, 4.69) is 5.32 Å². The molecule has 1 heterocycles. The van der Waals surface area contributed by atoms with E-state index in [9.17, 15) is 23.2 Å². The Morgan fingerprint density at radius 3 is 2.19 bits per heavy atom. The van der Waals surface area contributed by atoms with E-state index in [1.807, 2.05) is 6.07 Å². The van der Waals surface area contributed by atoms with Gasteiger partial charge in [-0.15, -0.1) is 0 Å². The lowest BCUT2D eigenvalue weighted by molar-refractivity contribution is -0.120. The van der Waals surface area contributed by atoms with Crippen LogP contribution >= 0.6 is 11.8 Å². The van der Waals surface area contributed by atoms with Crippen molar-refractivity contribution in [3.63, 3.8) is 0 Å². The molecule has 1 N–H and O–H groups in total. The molecule has 0 aliphatic carbocycles. The maximum absolute atomic E-state index is 13.8. The van der Waals surface area contributed by atoms with Crippen LogP contribution in [-0.4, -0.2) is 17.7 Å². The maximum atomic E-state index is 13.8. The highest BCUT2D eigenvalue weighted by atomic mass is 32.2. The first-order valence-corrected chi connectivity index (χ1v) is 10.4. The van der Waals surface area contributed by atoms with Gasteiger partial charge in [0.25, 0.3) is 11.8 Å². The van der Waals surface area contributed by atoms with E-state index in [4.69, 9.17) is 0 Å². The van der Waals surface area contributed by atoms with E-state index in [-0.39, 0.29) is 22.1 Å². The fourth-order valence-corrected chi connectivity index (χ4v) is 4.26. The van der Waals surface area contributed by atoms with Gasteiger partial charge >= 0.3 is 0 Å². The van der Waals surface area contributed by atoms with Crippen LogP contribution in [0.15, 0.2) is 82.6 Å². The molecule has 3 aromatic rings. The van der Waals surface area contributed by atoms with Crippen LogP contribution in [0.4, 0.5) is 20.2 Å². The van der Waals surface area contributed by atoms with Gasteiger partial charge in [-0.1, -0.05) is 42.1 Å². The van der Waals surface area contributed by atoms with Gasteiger partial charge < -0.3 is 5.32 Å². The van der Waals surface area contributed by atoms with Crippen molar-refractivity contribution in [3.05, 3.63) is 94.9 Å². The number of rotatable bonds is 5. The summed E-state index contributed by atoms with van der Waals surface area (Å²) in [6.07, 6.45) is 0. The zero-order valence-electron chi connectivity index (χ0n) is 16.8. The number of imide groups is 1. The van der Waals surface area contributed by atoms with E-state index in [1.165, 1.54) is 13.0 Å². The number of nitrogens with zero attached hydrogens (tertiary/aromatic N) is 1. The van der Waals surface area contributed by atoms with Crippen molar-refractivity contribution >= 4 is 46.4 Å². The Bertz CT molecular complexity index is 1260. The molecule has 0 bridgehead atoms. The van der Waals surface area contributed by atoms with Crippen molar-refractivity contribution in [1.29, 1.82) is 0 Å². The van der Waals surface area contributed by atoms with Crippen molar-refractivity contribution in [2.24, 2.45) is 0 Å². The standard InChI is InChI=1S/C24H16F2N2O3S/c1-14(29)27-16-9-7-15(8-10-16)21-22(32-18-5-3-2-4-6-18)24(31)28(23(21)30)17-11-12-19(25)20(26)13-17/h2-13H,1H3,(H,27,29). The second kappa shape index (κ2) is 8.76. The van der Waals surface area contributed by atoms with E-state index in [1.54, 1.807) is 48.5 Å². The molecular formula is C24H16F2N2O3S. The normalized spacial score (nSPS) is 13.7. The molecule has 0 saturated carbocycles. The molecule has 32 heavy (non-hydrogen) atoms. The molecule has 0 saturated heterocycles. The molecule has 0 atom stereocenters. The average Bonchev–Trinajstić information content (AvgIpc) is 3.01. The van der Waals surface area contributed by atoms with Crippen molar-refractivity contribution in [2.75, 3.05) is 10.2 Å².